The smallest absolute Gasteiger partial charge is 0.339 e. The van der Waals surface area contributed by atoms with Crippen LogP contribution in [0.5, 0.6) is 5.75 Å². The summed E-state index contributed by atoms with van der Waals surface area (Å²) in [6.45, 7) is -0.0161. The predicted molar refractivity (Wildman–Crippen MR) is 74.7 cm³/mol. The Labute approximate surface area is 126 Å². The van der Waals surface area contributed by atoms with E-state index in [4.69, 9.17) is 21.1 Å². The van der Waals surface area contributed by atoms with Gasteiger partial charge in [0.15, 0.2) is 0 Å². The minimum Gasteiger partial charge on any atom is -0.497 e. The molecule has 1 heterocycles. The normalized spacial score (nSPS) is 10.3. The Balaban J connectivity index is 2.10. The van der Waals surface area contributed by atoms with E-state index < -0.39 is 5.97 Å². The van der Waals surface area contributed by atoms with E-state index in [0.29, 0.717) is 25.8 Å². The van der Waals surface area contributed by atoms with E-state index in [-0.39, 0.29) is 6.61 Å². The van der Waals surface area contributed by atoms with Gasteiger partial charge in [0, 0.05) is 16.0 Å². The molecule has 0 fully saturated rings. The number of esters is 1. The minimum absolute atomic E-state index is 0.0161. The van der Waals surface area contributed by atoms with Gasteiger partial charge >= 0.3 is 5.97 Å². The summed E-state index contributed by atoms with van der Waals surface area (Å²) in [6, 6.07) is 5.04. The molecule has 2 aromatic rings. The third-order valence-corrected chi connectivity index (χ3v) is 3.92. The molecule has 0 saturated carbocycles. The molecule has 1 aromatic heterocycles. The molecule has 0 aliphatic heterocycles. The van der Waals surface area contributed by atoms with Crippen molar-refractivity contribution >= 4 is 45.0 Å². The van der Waals surface area contributed by atoms with Crippen LogP contribution in [-0.4, -0.2) is 22.7 Å². The van der Waals surface area contributed by atoms with Crippen LogP contribution in [0.3, 0.4) is 0 Å². The lowest BCUT2D eigenvalue weighted by Crippen LogP contribution is -2.07. The molecule has 0 atom stereocenters. The number of benzene rings is 1. The molecule has 0 amide bonds. The molecule has 0 radical (unpaired) electrons. The fraction of sp³-hybridized carbons (Fsp3) is 0.182. The number of carbonyl (C=O) groups excluding carboxylic acids is 1. The van der Waals surface area contributed by atoms with Crippen LogP contribution < -0.4 is 4.74 Å². The van der Waals surface area contributed by atoms with Crippen molar-refractivity contribution < 1.29 is 14.3 Å². The van der Waals surface area contributed by atoms with E-state index in [9.17, 15) is 4.79 Å². The molecule has 100 valence electrons. The van der Waals surface area contributed by atoms with Crippen LogP contribution in [0.4, 0.5) is 0 Å². The van der Waals surface area contributed by atoms with Crippen molar-refractivity contribution in [1.29, 1.82) is 0 Å². The molecule has 0 aliphatic rings. The quantitative estimate of drug-likeness (QED) is 0.780. The lowest BCUT2D eigenvalue weighted by atomic mass is 10.2. The molecule has 2 rings (SSSR count). The van der Waals surface area contributed by atoms with Crippen molar-refractivity contribution in [3.05, 3.63) is 38.3 Å². The van der Waals surface area contributed by atoms with Crippen molar-refractivity contribution in [3.63, 3.8) is 0 Å². The van der Waals surface area contributed by atoms with Crippen LogP contribution in [0, 0.1) is 0 Å². The maximum atomic E-state index is 11.9. The summed E-state index contributed by atoms with van der Waals surface area (Å²) in [4.78, 5) is 11.9. The average molecular weight is 364 g/mol. The van der Waals surface area contributed by atoms with Crippen LogP contribution >= 0.6 is 39.1 Å². The van der Waals surface area contributed by atoms with Crippen molar-refractivity contribution in [1.82, 2.24) is 9.59 Å². The summed E-state index contributed by atoms with van der Waals surface area (Å²) >= 11 is 10.2. The number of carbonyl (C=O) groups is 1. The fourth-order valence-electron chi connectivity index (χ4n) is 1.28. The Morgan fingerprint density at radius 2 is 2.32 bits per heavy atom. The molecule has 0 bridgehead atoms. The number of aromatic nitrogens is 2. The largest absolute Gasteiger partial charge is 0.497 e. The van der Waals surface area contributed by atoms with Crippen LogP contribution in [0.25, 0.3) is 0 Å². The van der Waals surface area contributed by atoms with Gasteiger partial charge in [-0.1, -0.05) is 16.1 Å². The Morgan fingerprint density at radius 3 is 2.95 bits per heavy atom. The first-order valence-corrected chi connectivity index (χ1v) is 7.03. The number of nitrogens with zero attached hydrogens (tertiary/aromatic N) is 2. The van der Waals surface area contributed by atoms with Crippen LogP contribution in [0.1, 0.15) is 16.1 Å². The number of methoxy groups -OCH3 is 1. The Hall–Kier alpha value is -1.18. The molecule has 19 heavy (non-hydrogen) atoms. The van der Waals surface area contributed by atoms with Gasteiger partial charge in [-0.15, -0.1) is 5.10 Å². The lowest BCUT2D eigenvalue weighted by Gasteiger charge is -2.07. The van der Waals surface area contributed by atoms with Crippen LogP contribution in [-0.2, 0) is 11.3 Å². The average Bonchev–Trinajstić information content (AvgIpc) is 2.82. The second kappa shape index (κ2) is 6.31. The Kier molecular flexibility index (Phi) is 4.73. The third-order valence-electron chi connectivity index (χ3n) is 2.24. The van der Waals surface area contributed by atoms with Crippen molar-refractivity contribution in [2.45, 2.75) is 6.61 Å². The first-order valence-electron chi connectivity index (χ1n) is 5.09. The highest BCUT2D eigenvalue weighted by Crippen LogP contribution is 2.24. The summed E-state index contributed by atoms with van der Waals surface area (Å²) in [5.74, 6) is 0.0818. The highest BCUT2D eigenvalue weighted by Gasteiger charge is 2.15. The minimum atomic E-state index is -0.491. The van der Waals surface area contributed by atoms with E-state index in [1.54, 1.807) is 18.2 Å². The highest BCUT2D eigenvalue weighted by atomic mass is 79.9. The van der Waals surface area contributed by atoms with E-state index in [1.807, 2.05) is 0 Å². The van der Waals surface area contributed by atoms with Gasteiger partial charge in [0.2, 0.25) is 0 Å². The molecule has 0 spiro atoms. The molecule has 0 N–H and O–H groups in total. The first kappa shape index (κ1) is 14.2. The standard InChI is InChI=1S/C11H8BrClN2O3S/c1-17-6-2-3-8(12)7(4-6)11(16)18-5-9-10(13)19-15-14-9/h2-4H,5H2,1H3. The zero-order valence-corrected chi connectivity index (χ0v) is 12.9. The number of rotatable bonds is 4. The maximum absolute atomic E-state index is 11.9. The zero-order valence-electron chi connectivity index (χ0n) is 9.72. The van der Waals surface area contributed by atoms with Crippen LogP contribution in [0.15, 0.2) is 22.7 Å². The van der Waals surface area contributed by atoms with Gasteiger partial charge in [-0.3, -0.25) is 0 Å². The summed E-state index contributed by atoms with van der Waals surface area (Å²) in [5.41, 5.74) is 0.817. The van der Waals surface area contributed by atoms with Gasteiger partial charge in [0.1, 0.15) is 22.4 Å². The van der Waals surface area contributed by atoms with Crippen molar-refractivity contribution in [2.24, 2.45) is 0 Å². The summed E-state index contributed by atoms with van der Waals surface area (Å²) in [5, 5.41) is 3.76. The van der Waals surface area contributed by atoms with Crippen LogP contribution in [0.2, 0.25) is 4.34 Å². The summed E-state index contributed by atoms with van der Waals surface area (Å²) in [6.07, 6.45) is 0. The van der Waals surface area contributed by atoms with Gasteiger partial charge in [0.25, 0.3) is 0 Å². The van der Waals surface area contributed by atoms with Crippen molar-refractivity contribution in [2.75, 3.05) is 7.11 Å². The second-order valence-electron chi connectivity index (χ2n) is 3.42. The van der Waals surface area contributed by atoms with E-state index in [1.165, 1.54) is 7.11 Å². The summed E-state index contributed by atoms with van der Waals surface area (Å²) in [7, 11) is 1.53. The van der Waals surface area contributed by atoms with Gasteiger partial charge in [-0.25, -0.2) is 4.79 Å². The van der Waals surface area contributed by atoms with Gasteiger partial charge in [0.05, 0.1) is 12.7 Å². The number of hydrogen-bond acceptors (Lipinski definition) is 6. The molecule has 8 heteroatoms. The Morgan fingerprint density at radius 1 is 1.53 bits per heavy atom. The molecule has 1 aromatic carbocycles. The number of halogens is 2. The van der Waals surface area contributed by atoms with E-state index >= 15 is 0 Å². The van der Waals surface area contributed by atoms with Gasteiger partial charge < -0.3 is 9.47 Å². The number of ether oxygens (including phenoxy) is 2. The molecule has 0 aliphatic carbocycles. The molecular formula is C11H8BrClN2O3S. The van der Waals surface area contributed by atoms with Gasteiger partial charge in [-0.05, 0) is 34.1 Å². The SMILES string of the molecule is COc1ccc(Br)c(C(=O)OCc2nnsc2Cl)c1. The lowest BCUT2D eigenvalue weighted by molar-refractivity contribution is 0.0466. The monoisotopic (exact) mass is 362 g/mol. The molecular weight excluding hydrogens is 356 g/mol. The highest BCUT2D eigenvalue weighted by molar-refractivity contribution is 9.10. The first-order chi connectivity index (χ1) is 9.11. The summed E-state index contributed by atoms with van der Waals surface area (Å²) < 4.78 is 14.9. The Bertz CT molecular complexity index is 605. The van der Waals surface area contributed by atoms with E-state index in [0.717, 1.165) is 11.5 Å². The third kappa shape index (κ3) is 3.43. The second-order valence-corrected chi connectivity index (χ2v) is 5.63. The zero-order chi connectivity index (χ0) is 13.8. The van der Waals surface area contributed by atoms with Gasteiger partial charge in [-0.2, -0.15) is 0 Å². The topological polar surface area (TPSA) is 61.3 Å². The fourth-order valence-corrected chi connectivity index (χ4v) is 2.29. The maximum Gasteiger partial charge on any atom is 0.339 e. The molecule has 0 unspecified atom stereocenters. The van der Waals surface area contributed by atoms with E-state index in [2.05, 4.69) is 25.5 Å². The molecule has 0 saturated heterocycles. The number of hydrogen-bond donors (Lipinski definition) is 0. The predicted octanol–water partition coefficient (Wildman–Crippen LogP) is 3.32. The molecule has 5 nitrogen and oxygen atoms in total. The van der Waals surface area contributed by atoms with Crippen molar-refractivity contribution in [3.8, 4) is 5.75 Å².